The molecule has 0 saturated carbocycles. The minimum atomic E-state index is -1.12. The van der Waals surface area contributed by atoms with Gasteiger partial charge in [0.25, 0.3) is 11.8 Å². The van der Waals surface area contributed by atoms with E-state index in [-0.39, 0.29) is 11.8 Å². The van der Waals surface area contributed by atoms with Gasteiger partial charge < -0.3 is 10.2 Å². The Morgan fingerprint density at radius 1 is 1.12 bits per heavy atom. The zero-order valence-corrected chi connectivity index (χ0v) is 12.7. The Bertz CT molecular complexity index is 852. The summed E-state index contributed by atoms with van der Waals surface area (Å²) in [5.74, 6) is -0.618. The number of hydrogen-bond acceptors (Lipinski definition) is 4. The van der Waals surface area contributed by atoms with E-state index in [9.17, 15) is 14.4 Å². The molecule has 1 fully saturated rings. The van der Waals surface area contributed by atoms with Crippen molar-refractivity contribution in [1.82, 2.24) is 15.6 Å². The van der Waals surface area contributed by atoms with Gasteiger partial charge in [0.15, 0.2) is 0 Å². The summed E-state index contributed by atoms with van der Waals surface area (Å²) in [5.41, 5.74) is 0.443. The Balaban J connectivity index is 1.79. The third-order valence-corrected chi connectivity index (χ3v) is 4.44. The van der Waals surface area contributed by atoms with Gasteiger partial charge in [0.2, 0.25) is 0 Å². The zero-order valence-electron chi connectivity index (χ0n) is 12.7. The van der Waals surface area contributed by atoms with Crippen LogP contribution in [0.15, 0.2) is 48.7 Å². The van der Waals surface area contributed by atoms with Crippen LogP contribution in [-0.4, -0.2) is 29.4 Å². The van der Waals surface area contributed by atoms with Crippen molar-refractivity contribution in [2.45, 2.75) is 12.0 Å². The van der Waals surface area contributed by atoms with E-state index in [2.05, 4.69) is 15.6 Å². The number of carbonyl (C=O) groups excluding carboxylic acids is 3. The molecule has 24 heavy (non-hydrogen) atoms. The lowest BCUT2D eigenvalue weighted by molar-refractivity contribution is -0.124. The maximum atomic E-state index is 12.8. The summed E-state index contributed by atoms with van der Waals surface area (Å²) < 4.78 is 0. The topological polar surface area (TPSA) is 91.4 Å². The normalized spacial score (nSPS) is 22.1. The number of para-hydroxylation sites is 1. The summed E-state index contributed by atoms with van der Waals surface area (Å²) >= 11 is 0. The van der Waals surface area contributed by atoms with Crippen LogP contribution >= 0.6 is 0 Å². The minimum absolute atomic E-state index is 0.234. The van der Waals surface area contributed by atoms with Crippen LogP contribution in [0.1, 0.15) is 22.5 Å². The van der Waals surface area contributed by atoms with Gasteiger partial charge in [0.05, 0.1) is 5.69 Å². The molecule has 1 aromatic heterocycles. The molecule has 1 aromatic carbocycles. The van der Waals surface area contributed by atoms with Gasteiger partial charge in [-0.1, -0.05) is 24.3 Å². The molecule has 1 spiro atoms. The third-order valence-electron chi connectivity index (χ3n) is 4.44. The van der Waals surface area contributed by atoms with Crippen LogP contribution < -0.4 is 15.5 Å². The van der Waals surface area contributed by atoms with Gasteiger partial charge in [-0.3, -0.25) is 19.9 Å². The van der Waals surface area contributed by atoms with E-state index in [1.54, 1.807) is 53.6 Å². The van der Waals surface area contributed by atoms with Gasteiger partial charge >= 0.3 is 6.03 Å². The third kappa shape index (κ3) is 1.98. The van der Waals surface area contributed by atoms with E-state index < -0.39 is 11.6 Å². The number of anilines is 1. The molecule has 2 aromatic rings. The standard InChI is InChI=1S/C17H14N4O3/c22-14(12-6-3-4-9-18-12)21-10-8-17(15(23)19-16(24)20-17)11-5-1-2-7-13(11)21/h1-7,9H,8,10H2,(H2,19,20,23,24). The molecule has 1 saturated heterocycles. The summed E-state index contributed by atoms with van der Waals surface area (Å²) in [5, 5.41) is 5.01. The SMILES string of the molecule is O=C1NC(=O)C2(CCN(C(=O)c3ccccn3)c3ccccc32)N1. The number of carbonyl (C=O) groups is 3. The highest BCUT2D eigenvalue weighted by Crippen LogP contribution is 2.40. The van der Waals surface area contributed by atoms with Crippen molar-refractivity contribution in [2.75, 3.05) is 11.4 Å². The van der Waals surface area contributed by atoms with Crippen LogP contribution in [0.4, 0.5) is 10.5 Å². The molecule has 4 amide bonds. The van der Waals surface area contributed by atoms with Crippen LogP contribution in [0.25, 0.3) is 0 Å². The van der Waals surface area contributed by atoms with Gasteiger partial charge in [-0.2, -0.15) is 0 Å². The molecule has 2 aliphatic rings. The summed E-state index contributed by atoms with van der Waals surface area (Å²) in [7, 11) is 0. The number of fused-ring (bicyclic) bond motifs is 2. The lowest BCUT2D eigenvalue weighted by atomic mass is 9.82. The number of hydrogen-bond donors (Lipinski definition) is 2. The van der Waals surface area contributed by atoms with Gasteiger partial charge in [-0.05, 0) is 18.2 Å². The maximum absolute atomic E-state index is 12.8. The highest BCUT2D eigenvalue weighted by Gasteiger charge is 2.51. The first-order valence-electron chi connectivity index (χ1n) is 7.58. The monoisotopic (exact) mass is 322 g/mol. The molecule has 0 aliphatic carbocycles. The van der Waals surface area contributed by atoms with E-state index in [4.69, 9.17) is 0 Å². The summed E-state index contributed by atoms with van der Waals surface area (Å²) in [6, 6.07) is 11.8. The fraction of sp³-hybridized carbons (Fsp3) is 0.176. The lowest BCUT2D eigenvalue weighted by Gasteiger charge is -2.38. The van der Waals surface area contributed by atoms with Crippen molar-refractivity contribution in [3.63, 3.8) is 0 Å². The first kappa shape index (κ1) is 14.4. The Morgan fingerprint density at radius 2 is 1.92 bits per heavy atom. The quantitative estimate of drug-likeness (QED) is 0.771. The van der Waals surface area contributed by atoms with Crippen molar-refractivity contribution in [2.24, 2.45) is 0 Å². The summed E-state index contributed by atoms with van der Waals surface area (Å²) in [6.07, 6.45) is 1.87. The van der Waals surface area contributed by atoms with Crippen molar-refractivity contribution < 1.29 is 14.4 Å². The number of rotatable bonds is 1. The van der Waals surface area contributed by atoms with Crippen molar-refractivity contribution >= 4 is 23.5 Å². The van der Waals surface area contributed by atoms with Gasteiger partial charge in [0.1, 0.15) is 11.2 Å². The molecular weight excluding hydrogens is 308 g/mol. The van der Waals surface area contributed by atoms with E-state index in [1.807, 2.05) is 0 Å². The number of urea groups is 1. The van der Waals surface area contributed by atoms with Crippen LogP contribution in [-0.2, 0) is 10.3 Å². The second-order valence-corrected chi connectivity index (χ2v) is 5.75. The first-order chi connectivity index (χ1) is 11.6. The molecular formula is C17H14N4O3. The fourth-order valence-corrected chi connectivity index (χ4v) is 3.30. The van der Waals surface area contributed by atoms with Gasteiger partial charge in [0, 0.05) is 24.7 Å². The molecule has 0 radical (unpaired) electrons. The molecule has 7 nitrogen and oxygen atoms in total. The number of pyridine rings is 1. The molecule has 0 bridgehead atoms. The molecule has 4 rings (SSSR count). The zero-order chi connectivity index (χ0) is 16.7. The first-order valence-corrected chi connectivity index (χ1v) is 7.58. The minimum Gasteiger partial charge on any atom is -0.319 e. The Hall–Kier alpha value is -3.22. The molecule has 1 unspecified atom stereocenters. The smallest absolute Gasteiger partial charge is 0.319 e. The van der Waals surface area contributed by atoms with Crippen LogP contribution in [0.3, 0.4) is 0 Å². The second kappa shape index (κ2) is 5.16. The van der Waals surface area contributed by atoms with Crippen LogP contribution in [0.2, 0.25) is 0 Å². The van der Waals surface area contributed by atoms with E-state index >= 15 is 0 Å². The number of imide groups is 1. The predicted molar refractivity (Wildman–Crippen MR) is 85.3 cm³/mol. The lowest BCUT2D eigenvalue weighted by Crippen LogP contribution is -2.52. The van der Waals surface area contributed by atoms with E-state index in [0.717, 1.165) is 0 Å². The van der Waals surface area contributed by atoms with Crippen molar-refractivity contribution in [3.05, 3.63) is 59.9 Å². The number of nitrogens with one attached hydrogen (secondary N) is 2. The average Bonchev–Trinajstić information content (AvgIpc) is 2.90. The Morgan fingerprint density at radius 3 is 2.62 bits per heavy atom. The van der Waals surface area contributed by atoms with Gasteiger partial charge in [-0.25, -0.2) is 4.79 Å². The van der Waals surface area contributed by atoms with Crippen molar-refractivity contribution in [3.8, 4) is 0 Å². The maximum Gasteiger partial charge on any atom is 0.322 e. The molecule has 120 valence electrons. The molecule has 3 heterocycles. The fourth-order valence-electron chi connectivity index (χ4n) is 3.30. The Kier molecular flexibility index (Phi) is 3.09. The van der Waals surface area contributed by atoms with E-state index in [1.165, 1.54) is 0 Å². The van der Waals surface area contributed by atoms with Crippen molar-refractivity contribution in [1.29, 1.82) is 0 Å². The van der Waals surface area contributed by atoms with Gasteiger partial charge in [-0.15, -0.1) is 0 Å². The second-order valence-electron chi connectivity index (χ2n) is 5.75. The molecule has 1 atom stereocenters. The summed E-state index contributed by atoms with van der Waals surface area (Å²) in [4.78, 5) is 42.5. The number of aromatic nitrogens is 1. The predicted octanol–water partition coefficient (Wildman–Crippen LogP) is 1.17. The van der Waals surface area contributed by atoms with Crippen LogP contribution in [0, 0.1) is 0 Å². The van der Waals surface area contributed by atoms with Crippen LogP contribution in [0.5, 0.6) is 0 Å². The summed E-state index contributed by atoms with van der Waals surface area (Å²) in [6.45, 7) is 0.306. The number of benzene rings is 1. The average molecular weight is 322 g/mol. The molecule has 2 N–H and O–H groups in total. The highest BCUT2D eigenvalue weighted by molar-refractivity contribution is 6.11. The Labute approximate surface area is 137 Å². The van der Waals surface area contributed by atoms with E-state index in [0.29, 0.717) is 29.9 Å². The molecule has 2 aliphatic heterocycles. The number of nitrogens with zero attached hydrogens (tertiary/aromatic N) is 2. The highest BCUT2D eigenvalue weighted by atomic mass is 16.2. The largest absolute Gasteiger partial charge is 0.322 e. The number of amides is 4. The molecule has 7 heteroatoms.